The molecule has 0 amide bonds. The van der Waals surface area contributed by atoms with Gasteiger partial charge in [-0.05, 0) is 19.1 Å². The molecule has 5 nitrogen and oxygen atoms in total. The maximum atomic E-state index is 12.4. The van der Waals surface area contributed by atoms with Crippen LogP contribution in [0.1, 0.15) is 5.56 Å². The number of aliphatic hydroxyl groups is 2. The molecule has 0 radical (unpaired) electrons. The molecule has 0 aliphatic heterocycles. The lowest BCUT2D eigenvalue weighted by atomic mass is 10.2. The molecular weight excluding hydrogens is 312 g/mol. The predicted octanol–water partition coefficient (Wildman–Crippen LogP) is 1.59. The Hall–Kier alpha value is -0.860. The van der Waals surface area contributed by atoms with Gasteiger partial charge in [0.2, 0.25) is 0 Å². The van der Waals surface area contributed by atoms with Crippen LogP contribution in [0.15, 0.2) is 41.8 Å². The van der Waals surface area contributed by atoms with E-state index < -0.39 is 20.4 Å². The highest BCUT2D eigenvalue weighted by molar-refractivity contribution is 8.33. The average Bonchev–Trinajstić information content (AvgIpc) is 2.39. The fourth-order valence-corrected chi connectivity index (χ4v) is 6.55. The minimum Gasteiger partial charge on any atom is -0.395 e. The quantitative estimate of drug-likeness (QED) is 0.670. The maximum absolute atomic E-state index is 12.4. The number of hydrogen-bond donors (Lipinski definition) is 2. The van der Waals surface area contributed by atoms with E-state index >= 15 is 0 Å². The van der Waals surface area contributed by atoms with Crippen molar-refractivity contribution in [2.75, 3.05) is 30.5 Å². The Labute approximate surface area is 127 Å². The van der Waals surface area contributed by atoms with Crippen LogP contribution in [0.5, 0.6) is 0 Å². The van der Waals surface area contributed by atoms with Gasteiger partial charge in [0.05, 0.1) is 18.1 Å². The standard InChI is InChI=1S/C14H22O5S2/c1-3-10-20(11-8-15,12-9-16)19-21(17,18)14-6-4-13(2)5-7-14/h3-7,15-16H,1,8-12H2,2H3. The molecule has 0 aliphatic carbocycles. The Balaban J connectivity index is 3.10. The Morgan fingerprint density at radius 1 is 1.14 bits per heavy atom. The fourth-order valence-electron chi connectivity index (χ4n) is 1.85. The van der Waals surface area contributed by atoms with E-state index in [2.05, 4.69) is 6.58 Å². The summed E-state index contributed by atoms with van der Waals surface area (Å²) in [6.07, 6.45) is 1.56. The fraction of sp³-hybridized carbons (Fsp3) is 0.429. The third-order valence-corrected chi connectivity index (χ3v) is 8.31. The van der Waals surface area contributed by atoms with Crippen molar-refractivity contribution in [3.05, 3.63) is 42.5 Å². The number of hydrogen-bond acceptors (Lipinski definition) is 5. The summed E-state index contributed by atoms with van der Waals surface area (Å²) in [6, 6.07) is 6.36. The van der Waals surface area contributed by atoms with Gasteiger partial charge >= 0.3 is 10.1 Å². The van der Waals surface area contributed by atoms with Crippen LogP contribution in [0.4, 0.5) is 0 Å². The third-order valence-electron chi connectivity index (χ3n) is 2.89. The molecule has 0 saturated heterocycles. The SMILES string of the molecule is C=CCS(CCO)(CCO)OS(=O)(=O)c1ccc(C)cc1. The molecule has 0 aromatic heterocycles. The lowest BCUT2D eigenvalue weighted by Crippen LogP contribution is -2.23. The van der Waals surface area contributed by atoms with Crippen molar-refractivity contribution < 1.29 is 22.3 Å². The van der Waals surface area contributed by atoms with Crippen molar-refractivity contribution in [2.24, 2.45) is 0 Å². The summed E-state index contributed by atoms with van der Waals surface area (Å²) >= 11 is 0. The first-order valence-electron chi connectivity index (χ1n) is 6.51. The first-order valence-corrected chi connectivity index (χ1v) is 9.98. The van der Waals surface area contributed by atoms with Gasteiger partial charge in [0.1, 0.15) is 0 Å². The average molecular weight is 334 g/mol. The van der Waals surface area contributed by atoms with Gasteiger partial charge in [-0.25, -0.2) is 3.63 Å². The lowest BCUT2D eigenvalue weighted by Gasteiger charge is -2.36. The van der Waals surface area contributed by atoms with E-state index in [0.29, 0.717) is 5.75 Å². The van der Waals surface area contributed by atoms with E-state index in [4.69, 9.17) is 3.63 Å². The molecule has 21 heavy (non-hydrogen) atoms. The second-order valence-electron chi connectivity index (χ2n) is 4.61. The predicted molar refractivity (Wildman–Crippen MR) is 86.0 cm³/mol. The molecule has 0 atom stereocenters. The smallest absolute Gasteiger partial charge is 0.306 e. The highest BCUT2D eigenvalue weighted by Gasteiger charge is 2.30. The van der Waals surface area contributed by atoms with Crippen LogP contribution < -0.4 is 0 Å². The number of aryl methyl sites for hydroxylation is 1. The number of rotatable bonds is 9. The minimum absolute atomic E-state index is 0.0740. The number of benzene rings is 1. The van der Waals surface area contributed by atoms with E-state index in [1.54, 1.807) is 18.2 Å². The van der Waals surface area contributed by atoms with Crippen molar-refractivity contribution in [1.82, 2.24) is 0 Å². The Bertz CT molecular complexity index is 545. The molecule has 0 spiro atoms. The summed E-state index contributed by atoms with van der Waals surface area (Å²) in [6.45, 7) is 5.07. The van der Waals surface area contributed by atoms with Crippen molar-refractivity contribution in [1.29, 1.82) is 0 Å². The van der Waals surface area contributed by atoms with Crippen LogP contribution in [-0.2, 0) is 13.7 Å². The highest BCUT2D eigenvalue weighted by atomic mass is 32.3. The van der Waals surface area contributed by atoms with Crippen molar-refractivity contribution >= 4 is 20.4 Å². The summed E-state index contributed by atoms with van der Waals surface area (Å²) in [7, 11) is -6.10. The largest absolute Gasteiger partial charge is 0.395 e. The van der Waals surface area contributed by atoms with Gasteiger partial charge in [0.15, 0.2) is 0 Å². The van der Waals surface area contributed by atoms with Crippen LogP contribution >= 0.6 is 10.3 Å². The first-order chi connectivity index (χ1) is 9.89. The third kappa shape index (κ3) is 5.12. The van der Waals surface area contributed by atoms with Gasteiger partial charge in [-0.15, -0.1) is 16.9 Å². The van der Waals surface area contributed by atoms with E-state index in [0.717, 1.165) is 5.56 Å². The molecule has 0 aliphatic rings. The summed E-state index contributed by atoms with van der Waals surface area (Å²) in [4.78, 5) is 0.0740. The van der Waals surface area contributed by atoms with Crippen molar-refractivity contribution in [2.45, 2.75) is 11.8 Å². The molecular formula is C14H22O5S2. The van der Waals surface area contributed by atoms with Gasteiger partial charge in [-0.1, -0.05) is 23.8 Å². The Kier molecular flexibility index (Phi) is 6.89. The van der Waals surface area contributed by atoms with Gasteiger partial charge in [0, 0.05) is 17.3 Å². The topological polar surface area (TPSA) is 83.8 Å². The molecule has 0 saturated carbocycles. The molecule has 2 N–H and O–H groups in total. The summed E-state index contributed by atoms with van der Waals surface area (Å²) in [5.41, 5.74) is 0.948. The van der Waals surface area contributed by atoms with Gasteiger partial charge in [-0.2, -0.15) is 8.42 Å². The Morgan fingerprint density at radius 3 is 2.10 bits per heavy atom. The molecule has 120 valence electrons. The van der Waals surface area contributed by atoms with Crippen LogP contribution in [-0.4, -0.2) is 49.1 Å². The monoisotopic (exact) mass is 334 g/mol. The molecule has 0 fully saturated rings. The van der Waals surface area contributed by atoms with Crippen LogP contribution in [0.3, 0.4) is 0 Å². The van der Waals surface area contributed by atoms with Crippen LogP contribution in [0.25, 0.3) is 0 Å². The van der Waals surface area contributed by atoms with Crippen molar-refractivity contribution in [3.63, 3.8) is 0 Å². The van der Waals surface area contributed by atoms with Gasteiger partial charge in [-0.3, -0.25) is 0 Å². The summed E-state index contributed by atoms with van der Waals surface area (Å²) in [5, 5.41) is 18.4. The van der Waals surface area contributed by atoms with Gasteiger partial charge < -0.3 is 10.2 Å². The molecule has 0 heterocycles. The Morgan fingerprint density at radius 2 is 1.67 bits per heavy atom. The summed E-state index contributed by atoms with van der Waals surface area (Å²) in [5.74, 6) is 0.675. The highest BCUT2D eigenvalue weighted by Crippen LogP contribution is 2.50. The second kappa shape index (κ2) is 7.95. The zero-order valence-corrected chi connectivity index (χ0v) is 13.7. The van der Waals surface area contributed by atoms with E-state index in [1.165, 1.54) is 12.1 Å². The molecule has 1 rings (SSSR count). The maximum Gasteiger partial charge on any atom is 0.306 e. The van der Waals surface area contributed by atoms with Crippen molar-refractivity contribution in [3.8, 4) is 0 Å². The molecule has 7 heteroatoms. The first kappa shape index (κ1) is 18.2. The normalized spacial score (nSPS) is 13.1. The minimum atomic E-state index is -3.93. The second-order valence-corrected chi connectivity index (χ2v) is 9.62. The van der Waals surface area contributed by atoms with Crippen LogP contribution in [0.2, 0.25) is 0 Å². The van der Waals surface area contributed by atoms with Gasteiger partial charge in [0.25, 0.3) is 0 Å². The molecule has 0 unspecified atom stereocenters. The van der Waals surface area contributed by atoms with E-state index in [-0.39, 0.29) is 29.6 Å². The zero-order chi connectivity index (χ0) is 15.9. The summed E-state index contributed by atoms with van der Waals surface area (Å²) < 4.78 is 30.2. The van der Waals surface area contributed by atoms with Crippen LogP contribution in [0, 0.1) is 6.92 Å². The molecule has 1 aromatic carbocycles. The van der Waals surface area contributed by atoms with E-state index in [9.17, 15) is 18.6 Å². The number of aliphatic hydroxyl groups excluding tert-OH is 2. The zero-order valence-electron chi connectivity index (χ0n) is 12.1. The van der Waals surface area contributed by atoms with E-state index in [1.807, 2.05) is 6.92 Å². The molecule has 0 bridgehead atoms. The molecule has 1 aromatic rings. The lowest BCUT2D eigenvalue weighted by molar-refractivity contribution is 0.312.